The summed E-state index contributed by atoms with van der Waals surface area (Å²) in [5.74, 6) is -0.0215. The molecule has 1 N–H and O–H groups in total. The molecule has 0 bridgehead atoms. The van der Waals surface area contributed by atoms with Crippen LogP contribution in [0.3, 0.4) is 0 Å². The van der Waals surface area contributed by atoms with Crippen LogP contribution in [0.2, 0.25) is 0 Å². The molecule has 2 rings (SSSR count). The van der Waals surface area contributed by atoms with E-state index in [-0.39, 0.29) is 12.3 Å². The third-order valence-corrected chi connectivity index (χ3v) is 3.35. The Morgan fingerprint density at radius 1 is 1.42 bits per heavy atom. The molecule has 8 heteroatoms. The summed E-state index contributed by atoms with van der Waals surface area (Å²) >= 11 is 1.22. The van der Waals surface area contributed by atoms with Crippen molar-refractivity contribution >= 4 is 17.5 Å². The van der Waals surface area contributed by atoms with E-state index in [1.165, 1.54) is 11.5 Å². The van der Waals surface area contributed by atoms with Gasteiger partial charge < -0.3 is 9.52 Å². The van der Waals surface area contributed by atoms with Gasteiger partial charge in [0, 0.05) is 12.8 Å². The van der Waals surface area contributed by atoms with E-state index in [0.29, 0.717) is 18.2 Å². The third kappa shape index (κ3) is 3.34. The Kier molecular flexibility index (Phi) is 4.20. The highest BCUT2D eigenvalue weighted by molar-refractivity contribution is 7.09. The van der Waals surface area contributed by atoms with Gasteiger partial charge in [0.15, 0.2) is 0 Å². The molecule has 19 heavy (non-hydrogen) atoms. The molecule has 0 aliphatic heterocycles. The van der Waals surface area contributed by atoms with Crippen molar-refractivity contribution in [2.24, 2.45) is 5.92 Å². The van der Waals surface area contributed by atoms with Crippen LogP contribution in [0.1, 0.15) is 31.9 Å². The molecule has 2 aromatic rings. The first kappa shape index (κ1) is 13.6. The van der Waals surface area contributed by atoms with E-state index in [1.54, 1.807) is 0 Å². The number of aryl methyl sites for hydroxylation is 1. The van der Waals surface area contributed by atoms with Gasteiger partial charge >= 0.3 is 5.97 Å². The van der Waals surface area contributed by atoms with Gasteiger partial charge in [0.2, 0.25) is 5.89 Å². The smallest absolute Gasteiger partial charge is 0.303 e. The fourth-order valence-corrected chi connectivity index (χ4v) is 2.37. The number of carbonyl (C=O) groups is 1. The van der Waals surface area contributed by atoms with Crippen LogP contribution >= 0.6 is 11.5 Å². The van der Waals surface area contributed by atoms with Crippen LogP contribution in [0.4, 0.5) is 0 Å². The van der Waals surface area contributed by atoms with Crippen LogP contribution in [0.15, 0.2) is 4.42 Å². The van der Waals surface area contributed by atoms with Gasteiger partial charge in [-0.15, -0.1) is 15.3 Å². The van der Waals surface area contributed by atoms with Crippen molar-refractivity contribution in [3.63, 3.8) is 0 Å². The van der Waals surface area contributed by atoms with Crippen molar-refractivity contribution in [3.05, 3.63) is 11.6 Å². The summed E-state index contributed by atoms with van der Waals surface area (Å²) in [7, 11) is 0. The Bertz CT molecular complexity index is 566. The SMILES string of the molecule is CCc1nnsc1-c1nnc(CC(C)CC(=O)O)o1. The average molecular weight is 282 g/mol. The number of aromatic nitrogens is 4. The summed E-state index contributed by atoms with van der Waals surface area (Å²) in [5, 5.41) is 20.6. The first-order chi connectivity index (χ1) is 9.10. The van der Waals surface area contributed by atoms with Crippen molar-refractivity contribution in [1.29, 1.82) is 0 Å². The standard InChI is InChI=1S/C11H14N4O3S/c1-3-7-10(19-15-12-7)11-14-13-8(18-11)4-6(2)5-9(16)17/h6H,3-5H2,1-2H3,(H,16,17). The zero-order chi connectivity index (χ0) is 13.8. The zero-order valence-electron chi connectivity index (χ0n) is 10.7. The summed E-state index contributed by atoms with van der Waals surface area (Å²) in [5.41, 5.74) is 0.832. The molecule has 1 atom stereocenters. The highest BCUT2D eigenvalue weighted by Crippen LogP contribution is 2.25. The number of carboxylic acids is 1. The van der Waals surface area contributed by atoms with Crippen molar-refractivity contribution in [1.82, 2.24) is 19.8 Å². The van der Waals surface area contributed by atoms with Gasteiger partial charge in [0.05, 0.1) is 5.69 Å². The van der Waals surface area contributed by atoms with Gasteiger partial charge in [0.1, 0.15) is 4.88 Å². The molecular formula is C11H14N4O3S. The zero-order valence-corrected chi connectivity index (χ0v) is 11.5. The monoisotopic (exact) mass is 282 g/mol. The van der Waals surface area contributed by atoms with E-state index in [0.717, 1.165) is 17.0 Å². The maximum Gasteiger partial charge on any atom is 0.303 e. The van der Waals surface area contributed by atoms with Crippen molar-refractivity contribution in [3.8, 4) is 10.8 Å². The van der Waals surface area contributed by atoms with Gasteiger partial charge in [0.25, 0.3) is 5.89 Å². The van der Waals surface area contributed by atoms with E-state index >= 15 is 0 Å². The Morgan fingerprint density at radius 3 is 2.89 bits per heavy atom. The molecule has 0 spiro atoms. The molecule has 0 saturated heterocycles. The van der Waals surface area contributed by atoms with Gasteiger partial charge in [-0.1, -0.05) is 18.3 Å². The van der Waals surface area contributed by atoms with Crippen LogP contribution in [-0.2, 0) is 17.6 Å². The largest absolute Gasteiger partial charge is 0.481 e. The second kappa shape index (κ2) is 5.87. The number of rotatable bonds is 6. The van der Waals surface area contributed by atoms with Crippen LogP contribution in [0.5, 0.6) is 0 Å². The van der Waals surface area contributed by atoms with E-state index in [2.05, 4.69) is 19.8 Å². The predicted molar refractivity (Wildman–Crippen MR) is 67.7 cm³/mol. The Balaban J connectivity index is 2.09. The van der Waals surface area contributed by atoms with Gasteiger partial charge in [-0.05, 0) is 23.9 Å². The summed E-state index contributed by atoms with van der Waals surface area (Å²) in [4.78, 5) is 11.4. The lowest BCUT2D eigenvalue weighted by atomic mass is 10.0. The van der Waals surface area contributed by atoms with Crippen molar-refractivity contribution in [2.45, 2.75) is 33.1 Å². The van der Waals surface area contributed by atoms with Gasteiger partial charge in [-0.2, -0.15) is 0 Å². The molecular weight excluding hydrogens is 268 g/mol. The second-order valence-electron chi connectivity index (χ2n) is 4.31. The number of hydrogen-bond acceptors (Lipinski definition) is 7. The third-order valence-electron chi connectivity index (χ3n) is 2.60. The summed E-state index contributed by atoms with van der Waals surface area (Å²) < 4.78 is 9.40. The van der Waals surface area contributed by atoms with E-state index in [1.807, 2.05) is 13.8 Å². The highest BCUT2D eigenvalue weighted by atomic mass is 32.1. The quantitative estimate of drug-likeness (QED) is 0.861. The Morgan fingerprint density at radius 2 is 2.21 bits per heavy atom. The molecule has 0 saturated carbocycles. The lowest BCUT2D eigenvalue weighted by molar-refractivity contribution is -0.137. The van der Waals surface area contributed by atoms with Crippen LogP contribution < -0.4 is 0 Å². The fourth-order valence-electron chi connectivity index (χ4n) is 1.70. The van der Waals surface area contributed by atoms with Crippen LogP contribution in [0, 0.1) is 5.92 Å². The van der Waals surface area contributed by atoms with Crippen molar-refractivity contribution < 1.29 is 14.3 Å². The fraction of sp³-hybridized carbons (Fsp3) is 0.545. The number of aliphatic carboxylic acids is 1. The normalized spacial score (nSPS) is 12.5. The van der Waals surface area contributed by atoms with E-state index < -0.39 is 5.97 Å². The van der Waals surface area contributed by atoms with Gasteiger partial charge in [-0.25, -0.2) is 0 Å². The minimum absolute atomic E-state index is 0.0453. The predicted octanol–water partition coefficient (Wildman–Crippen LogP) is 1.80. The van der Waals surface area contributed by atoms with Crippen molar-refractivity contribution in [2.75, 3.05) is 0 Å². The second-order valence-corrected chi connectivity index (χ2v) is 5.06. The lowest BCUT2D eigenvalue weighted by Gasteiger charge is -2.03. The molecule has 0 fully saturated rings. The van der Waals surface area contributed by atoms with Crippen LogP contribution in [0.25, 0.3) is 10.8 Å². The number of carboxylic acid groups (broad SMARTS) is 1. The van der Waals surface area contributed by atoms with E-state index in [9.17, 15) is 4.79 Å². The Hall–Kier alpha value is -1.83. The molecule has 7 nitrogen and oxygen atoms in total. The van der Waals surface area contributed by atoms with E-state index in [4.69, 9.17) is 9.52 Å². The van der Waals surface area contributed by atoms with Crippen LogP contribution in [-0.4, -0.2) is 30.9 Å². The summed E-state index contributed by atoms with van der Waals surface area (Å²) in [6, 6.07) is 0. The molecule has 2 heterocycles. The molecule has 0 aromatic carbocycles. The lowest BCUT2D eigenvalue weighted by Crippen LogP contribution is -2.07. The number of nitrogens with zero attached hydrogens (tertiary/aromatic N) is 4. The molecule has 2 aromatic heterocycles. The first-order valence-corrected chi connectivity index (χ1v) is 6.73. The first-order valence-electron chi connectivity index (χ1n) is 5.96. The minimum atomic E-state index is -0.827. The molecule has 0 aliphatic rings. The summed E-state index contributed by atoms with van der Waals surface area (Å²) in [6.45, 7) is 3.82. The highest BCUT2D eigenvalue weighted by Gasteiger charge is 2.18. The van der Waals surface area contributed by atoms with Gasteiger partial charge in [-0.3, -0.25) is 4.79 Å². The number of hydrogen-bond donors (Lipinski definition) is 1. The molecule has 0 radical (unpaired) electrons. The molecule has 102 valence electrons. The maximum absolute atomic E-state index is 10.6. The molecule has 1 unspecified atom stereocenters. The maximum atomic E-state index is 10.6. The summed E-state index contributed by atoms with van der Waals surface area (Å²) in [6.07, 6.45) is 1.28. The topological polar surface area (TPSA) is 102 Å². The minimum Gasteiger partial charge on any atom is -0.481 e. The Labute approximate surface area is 113 Å². The molecule has 0 amide bonds. The average Bonchev–Trinajstić information content (AvgIpc) is 2.94. The molecule has 0 aliphatic carbocycles.